The molecule has 2 amide bonds. The fraction of sp³-hybridized carbons (Fsp3) is 0.190. The van der Waals surface area contributed by atoms with E-state index in [1.165, 1.54) is 4.90 Å². The Hall–Kier alpha value is -3.28. The number of primary sulfonamides is 1. The monoisotopic (exact) mass is 468 g/mol. The van der Waals surface area contributed by atoms with Crippen LogP contribution in [-0.4, -0.2) is 42.7 Å². The fourth-order valence-electron chi connectivity index (χ4n) is 3.92. The highest BCUT2D eigenvalue weighted by Gasteiger charge is 2.31. The van der Waals surface area contributed by atoms with E-state index < -0.39 is 10.0 Å². The number of nitrogens with one attached hydrogen (secondary N) is 1. The number of amides is 2. The number of para-hydroxylation sites is 1. The molecule has 0 unspecified atom stereocenters. The Morgan fingerprint density at radius 1 is 1.09 bits per heavy atom. The number of hydrogen-bond acceptors (Lipinski definition) is 6. The first kappa shape index (κ1) is 20.6. The van der Waals surface area contributed by atoms with E-state index in [4.69, 9.17) is 5.14 Å². The van der Waals surface area contributed by atoms with Crippen LogP contribution >= 0.6 is 11.3 Å². The zero-order chi connectivity index (χ0) is 22.5. The van der Waals surface area contributed by atoms with Crippen LogP contribution in [0.5, 0.6) is 0 Å². The lowest BCUT2D eigenvalue weighted by molar-refractivity contribution is 0.248. The highest BCUT2D eigenvalue weighted by molar-refractivity contribution is 7.91. The highest BCUT2D eigenvalue weighted by Crippen LogP contribution is 2.33. The van der Waals surface area contributed by atoms with Gasteiger partial charge in [-0.15, -0.1) is 0 Å². The molecule has 164 valence electrons. The maximum absolute atomic E-state index is 13.2. The van der Waals surface area contributed by atoms with Gasteiger partial charge in [-0.1, -0.05) is 41.7 Å². The van der Waals surface area contributed by atoms with Gasteiger partial charge in [0.2, 0.25) is 10.0 Å². The molecule has 32 heavy (non-hydrogen) atoms. The smallest absolute Gasteiger partial charge is 0.294 e. The molecule has 0 radical (unpaired) electrons. The number of rotatable bonds is 4. The van der Waals surface area contributed by atoms with Crippen LogP contribution in [0.1, 0.15) is 12.1 Å². The molecule has 1 aliphatic rings. The number of aryl methyl sites for hydroxylation is 1. The molecule has 1 aliphatic heterocycles. The molecular weight excluding hydrogens is 448 g/mol. The van der Waals surface area contributed by atoms with Crippen molar-refractivity contribution in [3.63, 3.8) is 0 Å². The van der Waals surface area contributed by atoms with E-state index in [1.54, 1.807) is 18.0 Å². The molecule has 0 spiro atoms. The zero-order valence-corrected chi connectivity index (χ0v) is 18.8. The van der Waals surface area contributed by atoms with Crippen molar-refractivity contribution < 1.29 is 13.2 Å². The quantitative estimate of drug-likeness (QED) is 0.474. The van der Waals surface area contributed by atoms with Gasteiger partial charge in [0.15, 0.2) is 9.34 Å². The number of hydrogen-bond donors (Lipinski definition) is 2. The van der Waals surface area contributed by atoms with Crippen molar-refractivity contribution in [2.75, 3.05) is 22.9 Å². The van der Waals surface area contributed by atoms with Crippen molar-refractivity contribution in [2.45, 2.75) is 17.6 Å². The van der Waals surface area contributed by atoms with Crippen LogP contribution in [0.3, 0.4) is 0 Å². The van der Waals surface area contributed by atoms with Gasteiger partial charge < -0.3 is 0 Å². The number of carbonyl (C=O) groups is 1. The summed E-state index contributed by atoms with van der Waals surface area (Å²) in [6, 6.07) is 13.5. The average Bonchev–Trinajstić information content (AvgIpc) is 3.40. The molecular formula is C21H20N6O3S2. The summed E-state index contributed by atoms with van der Waals surface area (Å²) in [5.74, 6) is 0. The van der Waals surface area contributed by atoms with E-state index in [0.29, 0.717) is 23.9 Å². The number of carbonyl (C=O) groups excluding carboxylic acids is 1. The van der Waals surface area contributed by atoms with Gasteiger partial charge in [-0.05, 0) is 31.0 Å². The number of fused-ring (bicyclic) bond motifs is 1. The second-order valence-corrected chi connectivity index (χ2v) is 10.3. The highest BCUT2D eigenvalue weighted by atomic mass is 32.2. The second-order valence-electron chi connectivity index (χ2n) is 7.54. The van der Waals surface area contributed by atoms with Crippen molar-refractivity contribution in [1.29, 1.82) is 0 Å². The van der Waals surface area contributed by atoms with E-state index in [-0.39, 0.29) is 10.2 Å². The molecule has 2 aromatic carbocycles. The summed E-state index contributed by atoms with van der Waals surface area (Å²) in [5, 5.41) is 13.8. The Labute approximate surface area is 188 Å². The van der Waals surface area contributed by atoms with Crippen LogP contribution in [0.25, 0.3) is 22.0 Å². The summed E-state index contributed by atoms with van der Waals surface area (Å²) in [6.07, 6.45) is 2.51. The van der Waals surface area contributed by atoms with Gasteiger partial charge >= 0.3 is 6.03 Å². The SMILES string of the molecule is Cc1nc(N2CCCN(c3ccc(-c4cccc5cn[nH]c45)cc3)C2=O)sc1S(N)(=O)=O. The Morgan fingerprint density at radius 3 is 2.56 bits per heavy atom. The van der Waals surface area contributed by atoms with Gasteiger partial charge in [0, 0.05) is 29.7 Å². The number of benzene rings is 2. The molecule has 11 heteroatoms. The van der Waals surface area contributed by atoms with Crippen LogP contribution in [0.4, 0.5) is 15.6 Å². The van der Waals surface area contributed by atoms with Crippen molar-refractivity contribution in [3.05, 3.63) is 54.4 Å². The fourth-order valence-corrected chi connectivity index (χ4v) is 5.89. The first-order valence-electron chi connectivity index (χ1n) is 9.95. The third kappa shape index (κ3) is 3.53. The van der Waals surface area contributed by atoms with Gasteiger partial charge in [-0.25, -0.2) is 23.3 Å². The summed E-state index contributed by atoms with van der Waals surface area (Å²) in [4.78, 5) is 20.7. The molecule has 0 saturated carbocycles. The molecule has 0 bridgehead atoms. The third-order valence-corrected chi connectivity index (χ3v) is 8.16. The minimum absolute atomic E-state index is 0.0187. The first-order valence-corrected chi connectivity index (χ1v) is 12.3. The van der Waals surface area contributed by atoms with Gasteiger partial charge in [0.1, 0.15) is 0 Å². The lowest BCUT2D eigenvalue weighted by Crippen LogP contribution is -2.49. The summed E-state index contributed by atoms with van der Waals surface area (Å²) < 4.78 is 23.5. The molecule has 2 aromatic heterocycles. The topological polar surface area (TPSA) is 125 Å². The van der Waals surface area contributed by atoms with Crippen LogP contribution in [0.2, 0.25) is 0 Å². The van der Waals surface area contributed by atoms with Crippen molar-refractivity contribution in [2.24, 2.45) is 5.14 Å². The Bertz CT molecular complexity index is 1430. The standard InChI is InChI=1S/C21H20N6O3S2/c1-13-19(32(22,29)30)31-20(24-13)27-11-3-10-26(21(27)28)16-8-6-14(7-9-16)17-5-2-4-15-12-23-25-18(15)17/h2,4-9,12H,3,10-11H2,1H3,(H,23,25)(H2,22,29,30). The number of aromatic nitrogens is 3. The van der Waals surface area contributed by atoms with Crippen LogP contribution in [-0.2, 0) is 10.0 Å². The predicted octanol–water partition coefficient (Wildman–Crippen LogP) is 3.48. The summed E-state index contributed by atoms with van der Waals surface area (Å²) in [7, 11) is -3.88. The van der Waals surface area contributed by atoms with Gasteiger partial charge in [-0.3, -0.25) is 14.9 Å². The summed E-state index contributed by atoms with van der Waals surface area (Å²) >= 11 is 0.921. The number of anilines is 2. The number of urea groups is 1. The zero-order valence-electron chi connectivity index (χ0n) is 17.1. The number of thiazole rings is 1. The minimum atomic E-state index is -3.88. The van der Waals surface area contributed by atoms with Crippen molar-refractivity contribution in [3.8, 4) is 11.1 Å². The molecule has 3 heterocycles. The predicted molar refractivity (Wildman–Crippen MR) is 124 cm³/mol. The van der Waals surface area contributed by atoms with E-state index in [9.17, 15) is 13.2 Å². The lowest BCUT2D eigenvalue weighted by Gasteiger charge is -2.34. The van der Waals surface area contributed by atoms with Crippen LogP contribution in [0.15, 0.2) is 52.9 Å². The largest absolute Gasteiger partial charge is 0.330 e. The Morgan fingerprint density at radius 2 is 1.84 bits per heavy atom. The molecule has 9 nitrogen and oxygen atoms in total. The maximum atomic E-state index is 13.2. The molecule has 1 saturated heterocycles. The van der Waals surface area contributed by atoms with Gasteiger partial charge in [0.25, 0.3) is 0 Å². The van der Waals surface area contributed by atoms with E-state index >= 15 is 0 Å². The Balaban J connectivity index is 1.43. The minimum Gasteiger partial charge on any atom is -0.294 e. The van der Waals surface area contributed by atoms with Crippen molar-refractivity contribution >= 4 is 49.1 Å². The van der Waals surface area contributed by atoms with Crippen LogP contribution in [0, 0.1) is 6.92 Å². The average molecular weight is 469 g/mol. The summed E-state index contributed by atoms with van der Waals surface area (Å²) in [6.45, 7) is 2.61. The first-order chi connectivity index (χ1) is 15.3. The number of aromatic amines is 1. The molecule has 4 aromatic rings. The van der Waals surface area contributed by atoms with Gasteiger partial charge in [-0.2, -0.15) is 5.10 Å². The molecule has 5 rings (SSSR count). The van der Waals surface area contributed by atoms with Crippen LogP contribution < -0.4 is 14.9 Å². The molecule has 0 aliphatic carbocycles. The second kappa shape index (κ2) is 7.69. The van der Waals surface area contributed by atoms with Crippen molar-refractivity contribution in [1.82, 2.24) is 15.2 Å². The number of nitrogens with two attached hydrogens (primary N) is 1. The summed E-state index contributed by atoms with van der Waals surface area (Å²) in [5.41, 5.74) is 4.07. The molecule has 3 N–H and O–H groups in total. The van der Waals surface area contributed by atoms with Gasteiger partial charge in [0.05, 0.1) is 17.4 Å². The number of sulfonamides is 1. The molecule has 0 atom stereocenters. The normalized spacial score (nSPS) is 15.0. The number of nitrogens with zero attached hydrogens (tertiary/aromatic N) is 4. The van der Waals surface area contributed by atoms with E-state index in [2.05, 4.69) is 15.2 Å². The lowest BCUT2D eigenvalue weighted by atomic mass is 10.0. The molecule has 1 fully saturated rings. The Kier molecular flexibility index (Phi) is 4.96. The van der Waals surface area contributed by atoms with E-state index in [1.807, 2.05) is 42.5 Å². The third-order valence-electron chi connectivity index (χ3n) is 5.42. The maximum Gasteiger partial charge on any atom is 0.330 e. The van der Waals surface area contributed by atoms with E-state index in [0.717, 1.165) is 45.5 Å². The number of H-pyrrole nitrogens is 1.